The molecule has 0 atom stereocenters. The van der Waals surface area contributed by atoms with E-state index in [2.05, 4.69) is 11.6 Å². The zero-order valence-corrected chi connectivity index (χ0v) is 19.6. The molecule has 0 aliphatic rings. The number of benzene rings is 3. The number of aliphatic hydroxyl groups excluding tert-OH is 1. The van der Waals surface area contributed by atoms with Crippen molar-refractivity contribution >= 4 is 17.6 Å². The molecule has 0 aliphatic heterocycles. The molecule has 0 saturated carbocycles. The summed E-state index contributed by atoms with van der Waals surface area (Å²) in [5.41, 5.74) is 2.93. The van der Waals surface area contributed by atoms with Crippen LogP contribution < -0.4 is 4.74 Å². The molecule has 0 aromatic heterocycles. The number of carbonyl (C=O) groups is 1. The molecule has 0 fully saturated rings. The van der Waals surface area contributed by atoms with Gasteiger partial charge in [0, 0.05) is 16.7 Å². The van der Waals surface area contributed by atoms with E-state index in [1.54, 1.807) is 19.2 Å². The first kappa shape index (κ1) is 26.3. The summed E-state index contributed by atoms with van der Waals surface area (Å²) in [5.74, 6) is -1.35. The van der Waals surface area contributed by atoms with E-state index < -0.39 is 17.3 Å². The minimum absolute atomic E-state index is 0.192. The first-order valence-electron chi connectivity index (χ1n) is 10.6. The smallest absolute Gasteiger partial charge is 0.338 e. The van der Waals surface area contributed by atoms with Crippen molar-refractivity contribution in [2.45, 2.75) is 20.5 Å². The molecule has 2 N–H and O–H groups in total. The summed E-state index contributed by atoms with van der Waals surface area (Å²) in [4.78, 5) is 15.3. The Kier molecular flexibility index (Phi) is 9.52. The molecule has 0 spiro atoms. The molecule has 6 nitrogen and oxygen atoms in total. The number of methoxy groups -OCH3 is 2. The standard InChI is InChI=1S/C25H22FNO5.C2H6/c1-15(16-8-11-21(25(29)30)22(26)13-16)27-24(32-3)17-9-10-19(18(12-17)14-28)20-6-4-5-7-23(20)31-2;1-2/h4-13,28H,1,14H2,2-3H3,(H,29,30);1-2H3. The second-order valence-electron chi connectivity index (χ2n) is 6.80. The van der Waals surface area contributed by atoms with Crippen LogP contribution in [-0.2, 0) is 11.3 Å². The summed E-state index contributed by atoms with van der Waals surface area (Å²) < 4.78 is 24.9. The number of hydrogen-bond acceptors (Lipinski definition) is 5. The van der Waals surface area contributed by atoms with Gasteiger partial charge in [-0.2, -0.15) is 0 Å². The third kappa shape index (κ3) is 5.88. The number of aliphatic hydroxyl groups is 1. The summed E-state index contributed by atoms with van der Waals surface area (Å²) in [5, 5.41) is 18.9. The van der Waals surface area contributed by atoms with Gasteiger partial charge in [-0.15, -0.1) is 0 Å². The van der Waals surface area contributed by atoms with Crippen molar-refractivity contribution in [2.75, 3.05) is 14.2 Å². The fourth-order valence-corrected chi connectivity index (χ4v) is 3.27. The van der Waals surface area contributed by atoms with E-state index in [4.69, 9.17) is 14.6 Å². The third-order valence-corrected chi connectivity index (χ3v) is 4.88. The number of aromatic carboxylic acids is 1. The average molecular weight is 466 g/mol. The maximum Gasteiger partial charge on any atom is 0.338 e. The minimum Gasteiger partial charge on any atom is -0.496 e. The molecule has 0 amide bonds. The Balaban J connectivity index is 0.00000199. The monoisotopic (exact) mass is 465 g/mol. The van der Waals surface area contributed by atoms with Crippen LogP contribution in [0.1, 0.15) is 40.9 Å². The summed E-state index contributed by atoms with van der Waals surface area (Å²) >= 11 is 0. The largest absolute Gasteiger partial charge is 0.496 e. The molecule has 178 valence electrons. The highest BCUT2D eigenvalue weighted by Gasteiger charge is 2.15. The zero-order valence-electron chi connectivity index (χ0n) is 19.6. The SMILES string of the molecule is C=C(N=C(OC)c1ccc(-c2ccccc2OC)c(CO)c1)c1ccc(C(=O)O)c(F)c1.CC. The maximum absolute atomic E-state index is 14.0. The quantitative estimate of drug-likeness (QED) is 0.341. The van der Waals surface area contributed by atoms with Crippen LogP contribution in [0, 0.1) is 5.82 Å². The minimum atomic E-state index is -1.35. The van der Waals surface area contributed by atoms with Gasteiger partial charge in [-0.05, 0) is 41.5 Å². The summed E-state index contributed by atoms with van der Waals surface area (Å²) in [6.45, 7) is 7.62. The lowest BCUT2D eigenvalue weighted by Gasteiger charge is -2.14. The number of hydrogen-bond donors (Lipinski definition) is 2. The van der Waals surface area contributed by atoms with Gasteiger partial charge in [-0.1, -0.05) is 50.8 Å². The summed E-state index contributed by atoms with van der Waals surface area (Å²) in [7, 11) is 3.02. The summed E-state index contributed by atoms with van der Waals surface area (Å²) in [6.07, 6.45) is 0. The number of rotatable bonds is 7. The van der Waals surface area contributed by atoms with Crippen LogP contribution >= 0.6 is 0 Å². The molecule has 3 rings (SSSR count). The first-order chi connectivity index (χ1) is 16.4. The number of para-hydroxylation sites is 1. The zero-order chi connectivity index (χ0) is 25.3. The molecule has 34 heavy (non-hydrogen) atoms. The van der Waals surface area contributed by atoms with Crippen molar-refractivity contribution in [2.24, 2.45) is 4.99 Å². The van der Waals surface area contributed by atoms with E-state index in [1.165, 1.54) is 13.2 Å². The maximum atomic E-state index is 14.0. The molecule has 0 unspecified atom stereocenters. The highest BCUT2D eigenvalue weighted by atomic mass is 19.1. The van der Waals surface area contributed by atoms with Gasteiger partial charge >= 0.3 is 5.97 Å². The molecule has 7 heteroatoms. The van der Waals surface area contributed by atoms with Gasteiger partial charge in [0.05, 0.1) is 32.1 Å². The van der Waals surface area contributed by atoms with Gasteiger partial charge in [0.15, 0.2) is 0 Å². The second kappa shape index (κ2) is 12.3. The lowest BCUT2D eigenvalue weighted by atomic mass is 9.97. The molecule has 0 bridgehead atoms. The van der Waals surface area contributed by atoms with E-state index in [0.29, 0.717) is 22.4 Å². The van der Waals surface area contributed by atoms with E-state index in [-0.39, 0.29) is 18.2 Å². The molecular formula is C27H28FNO5. The number of ether oxygens (including phenoxy) is 2. The van der Waals surface area contributed by atoms with Gasteiger partial charge in [0.2, 0.25) is 5.90 Å². The Hall–Kier alpha value is -3.97. The van der Waals surface area contributed by atoms with Crippen LogP contribution in [0.5, 0.6) is 5.75 Å². The Morgan fingerprint density at radius 2 is 1.68 bits per heavy atom. The van der Waals surface area contributed by atoms with E-state index >= 15 is 0 Å². The van der Waals surface area contributed by atoms with E-state index in [9.17, 15) is 14.3 Å². The van der Waals surface area contributed by atoms with E-state index in [0.717, 1.165) is 23.3 Å². The van der Waals surface area contributed by atoms with Crippen LogP contribution in [0.3, 0.4) is 0 Å². The van der Waals surface area contributed by atoms with Crippen LogP contribution in [0.25, 0.3) is 16.8 Å². The van der Waals surface area contributed by atoms with Gasteiger partial charge in [0.25, 0.3) is 0 Å². The van der Waals surface area contributed by atoms with Gasteiger partial charge in [-0.3, -0.25) is 0 Å². The molecule has 0 radical (unpaired) electrons. The Morgan fingerprint density at radius 3 is 2.26 bits per heavy atom. The average Bonchev–Trinajstić information content (AvgIpc) is 2.87. The molecule has 0 heterocycles. The number of nitrogens with zero attached hydrogens (tertiary/aromatic N) is 1. The normalized spacial score (nSPS) is 10.7. The van der Waals surface area contributed by atoms with Gasteiger partial charge in [-0.25, -0.2) is 14.2 Å². The van der Waals surface area contributed by atoms with Crippen molar-refractivity contribution in [3.8, 4) is 16.9 Å². The number of carboxylic acid groups (broad SMARTS) is 1. The highest BCUT2D eigenvalue weighted by Crippen LogP contribution is 2.33. The van der Waals surface area contributed by atoms with Crippen LogP contribution in [0.15, 0.2) is 72.2 Å². The lowest BCUT2D eigenvalue weighted by molar-refractivity contribution is 0.0692. The fraction of sp³-hybridized carbons (Fsp3) is 0.185. The van der Waals surface area contributed by atoms with Crippen LogP contribution in [0.2, 0.25) is 0 Å². The first-order valence-corrected chi connectivity index (χ1v) is 10.6. The van der Waals surface area contributed by atoms with Crippen LogP contribution in [-0.4, -0.2) is 36.3 Å². The molecule has 3 aromatic carbocycles. The van der Waals surface area contributed by atoms with Gasteiger partial charge < -0.3 is 19.7 Å². The highest BCUT2D eigenvalue weighted by molar-refractivity contribution is 5.98. The lowest BCUT2D eigenvalue weighted by Crippen LogP contribution is -2.06. The summed E-state index contributed by atoms with van der Waals surface area (Å²) in [6, 6.07) is 16.5. The molecular weight excluding hydrogens is 437 g/mol. The van der Waals surface area contributed by atoms with Crippen LogP contribution in [0.4, 0.5) is 4.39 Å². The molecule has 0 saturated heterocycles. The topological polar surface area (TPSA) is 88.4 Å². The van der Waals surface area contributed by atoms with Crippen molar-refractivity contribution in [1.29, 1.82) is 0 Å². The Labute approximate surface area is 198 Å². The molecule has 0 aliphatic carbocycles. The van der Waals surface area contributed by atoms with Crippen molar-refractivity contribution < 1.29 is 28.9 Å². The van der Waals surface area contributed by atoms with Crippen molar-refractivity contribution in [3.63, 3.8) is 0 Å². The van der Waals surface area contributed by atoms with Crippen molar-refractivity contribution in [1.82, 2.24) is 0 Å². The number of halogens is 1. The Bertz CT molecular complexity index is 1200. The number of carboxylic acids is 1. The Morgan fingerprint density at radius 1 is 1.00 bits per heavy atom. The predicted molar refractivity (Wildman–Crippen MR) is 132 cm³/mol. The van der Waals surface area contributed by atoms with Gasteiger partial charge in [0.1, 0.15) is 11.6 Å². The molecule has 3 aromatic rings. The van der Waals surface area contributed by atoms with E-state index in [1.807, 2.05) is 44.2 Å². The predicted octanol–water partition coefficient (Wildman–Crippen LogP) is 5.78. The number of aliphatic imine (C=N–C) groups is 1. The third-order valence-electron chi connectivity index (χ3n) is 4.88. The second-order valence-corrected chi connectivity index (χ2v) is 6.80. The fourth-order valence-electron chi connectivity index (χ4n) is 3.27. The van der Waals surface area contributed by atoms with Crippen molar-refractivity contribution in [3.05, 3.63) is 95.3 Å².